The van der Waals surface area contributed by atoms with Crippen LogP contribution in [0.25, 0.3) is 0 Å². The highest BCUT2D eigenvalue weighted by Crippen LogP contribution is 2.18. The van der Waals surface area contributed by atoms with E-state index in [0.717, 1.165) is 31.7 Å². The molecule has 0 bridgehead atoms. The number of nitrogens with zero attached hydrogens (tertiary/aromatic N) is 4. The fourth-order valence-corrected chi connectivity index (χ4v) is 2.69. The number of hydrogen-bond donors (Lipinski definition) is 1. The van der Waals surface area contributed by atoms with Crippen molar-refractivity contribution in [2.45, 2.75) is 19.8 Å². The molecular weight excluding hydrogens is 262 g/mol. The summed E-state index contributed by atoms with van der Waals surface area (Å²) in [5.41, 5.74) is 0. The molecule has 1 fully saturated rings. The van der Waals surface area contributed by atoms with Gasteiger partial charge in [0, 0.05) is 25.9 Å². The van der Waals surface area contributed by atoms with Crippen LogP contribution in [0.1, 0.15) is 19.8 Å². The van der Waals surface area contributed by atoms with Crippen LogP contribution in [0.4, 0.5) is 11.9 Å². The van der Waals surface area contributed by atoms with E-state index >= 15 is 0 Å². The third-order valence-electron chi connectivity index (χ3n) is 2.77. The van der Waals surface area contributed by atoms with E-state index in [4.69, 9.17) is 4.74 Å². The zero-order valence-electron chi connectivity index (χ0n) is 11.6. The van der Waals surface area contributed by atoms with E-state index in [0.29, 0.717) is 24.5 Å². The number of aromatic nitrogens is 3. The van der Waals surface area contributed by atoms with Crippen molar-refractivity contribution in [3.05, 3.63) is 0 Å². The van der Waals surface area contributed by atoms with Crippen molar-refractivity contribution >= 4 is 23.7 Å². The fraction of sp³-hybridized carbons (Fsp3) is 0.750. The molecule has 0 amide bonds. The lowest BCUT2D eigenvalue weighted by atomic mass is 10.4. The molecule has 1 aromatic rings. The molecule has 1 aliphatic rings. The van der Waals surface area contributed by atoms with Gasteiger partial charge in [0.15, 0.2) is 0 Å². The maximum atomic E-state index is 5.53. The number of nitrogens with one attached hydrogen (secondary N) is 1. The average Bonchev–Trinajstić information content (AvgIpc) is 2.73. The number of ether oxygens (including phenoxy) is 1. The summed E-state index contributed by atoms with van der Waals surface area (Å²) in [6.07, 6.45) is 2.10. The van der Waals surface area contributed by atoms with Crippen LogP contribution in [0.15, 0.2) is 0 Å². The monoisotopic (exact) mass is 283 g/mol. The van der Waals surface area contributed by atoms with Crippen molar-refractivity contribution in [2.75, 3.05) is 48.5 Å². The Balaban J connectivity index is 2.17. The fourth-order valence-electron chi connectivity index (χ4n) is 1.80. The van der Waals surface area contributed by atoms with Crippen molar-refractivity contribution in [3.8, 4) is 6.01 Å². The van der Waals surface area contributed by atoms with E-state index in [-0.39, 0.29) is 0 Å². The van der Waals surface area contributed by atoms with E-state index in [9.17, 15) is 0 Å². The zero-order valence-corrected chi connectivity index (χ0v) is 12.4. The Labute approximate surface area is 118 Å². The Morgan fingerprint density at radius 2 is 2.16 bits per heavy atom. The summed E-state index contributed by atoms with van der Waals surface area (Å²) in [7, 11) is 1.81. The van der Waals surface area contributed by atoms with Gasteiger partial charge in [-0.1, -0.05) is 6.92 Å². The van der Waals surface area contributed by atoms with Crippen molar-refractivity contribution in [1.29, 1.82) is 0 Å². The lowest BCUT2D eigenvalue weighted by molar-refractivity contribution is 0.292. The van der Waals surface area contributed by atoms with Crippen LogP contribution in [0, 0.1) is 0 Å². The van der Waals surface area contributed by atoms with Crippen LogP contribution in [0.3, 0.4) is 0 Å². The zero-order chi connectivity index (χ0) is 13.5. The van der Waals surface area contributed by atoms with Crippen molar-refractivity contribution in [3.63, 3.8) is 0 Å². The molecule has 0 atom stereocenters. The van der Waals surface area contributed by atoms with E-state index < -0.39 is 0 Å². The SMILES string of the molecule is CCCOc1nc(NC)nc(N2CCCSCC2)n1. The molecule has 6 nitrogen and oxygen atoms in total. The molecule has 7 heteroatoms. The second-order valence-corrected chi connectivity index (χ2v) is 5.52. The first-order chi connectivity index (χ1) is 9.33. The molecule has 2 heterocycles. The highest BCUT2D eigenvalue weighted by molar-refractivity contribution is 7.99. The second-order valence-electron chi connectivity index (χ2n) is 4.29. The van der Waals surface area contributed by atoms with Gasteiger partial charge in [0.05, 0.1) is 6.61 Å². The van der Waals surface area contributed by atoms with Crippen LogP contribution < -0.4 is 15.0 Å². The van der Waals surface area contributed by atoms with Gasteiger partial charge in [-0.2, -0.15) is 26.7 Å². The summed E-state index contributed by atoms with van der Waals surface area (Å²) in [4.78, 5) is 15.3. The molecule has 19 heavy (non-hydrogen) atoms. The lowest BCUT2D eigenvalue weighted by Gasteiger charge is -2.20. The van der Waals surface area contributed by atoms with E-state index in [1.807, 2.05) is 11.8 Å². The first kappa shape index (κ1) is 14.2. The molecule has 0 radical (unpaired) electrons. The van der Waals surface area contributed by atoms with Crippen LogP contribution in [-0.4, -0.2) is 53.2 Å². The Hall–Kier alpha value is -1.24. The molecule has 1 aromatic heterocycles. The molecule has 1 aliphatic heterocycles. The molecule has 0 saturated carbocycles. The Morgan fingerprint density at radius 1 is 1.26 bits per heavy atom. The third-order valence-corrected chi connectivity index (χ3v) is 3.82. The summed E-state index contributed by atoms with van der Waals surface area (Å²) in [6.45, 7) is 4.66. The first-order valence-corrected chi connectivity index (χ1v) is 7.88. The van der Waals surface area contributed by atoms with Gasteiger partial charge in [-0.15, -0.1) is 0 Å². The van der Waals surface area contributed by atoms with E-state index in [1.54, 1.807) is 7.05 Å². The molecular formula is C12H21N5OS. The Bertz CT molecular complexity index is 396. The van der Waals surface area contributed by atoms with Gasteiger partial charge >= 0.3 is 6.01 Å². The molecule has 2 rings (SSSR count). The number of thioether (sulfide) groups is 1. The van der Waals surface area contributed by atoms with E-state index in [1.165, 1.54) is 5.75 Å². The van der Waals surface area contributed by atoms with Crippen molar-refractivity contribution < 1.29 is 4.74 Å². The normalized spacial score (nSPS) is 16.0. The molecule has 1 saturated heterocycles. The van der Waals surface area contributed by atoms with Gasteiger partial charge in [-0.25, -0.2) is 0 Å². The molecule has 0 spiro atoms. The highest BCUT2D eigenvalue weighted by atomic mass is 32.2. The maximum Gasteiger partial charge on any atom is 0.323 e. The van der Waals surface area contributed by atoms with Gasteiger partial charge in [-0.3, -0.25) is 0 Å². The second kappa shape index (κ2) is 7.37. The van der Waals surface area contributed by atoms with Crippen molar-refractivity contribution in [2.24, 2.45) is 0 Å². The predicted molar refractivity (Wildman–Crippen MR) is 79.3 cm³/mol. The number of anilines is 2. The topological polar surface area (TPSA) is 63.2 Å². The highest BCUT2D eigenvalue weighted by Gasteiger charge is 2.15. The summed E-state index contributed by atoms with van der Waals surface area (Å²) in [5, 5.41) is 2.96. The Kier molecular flexibility index (Phi) is 5.50. The summed E-state index contributed by atoms with van der Waals surface area (Å²) in [5.74, 6) is 3.60. The van der Waals surface area contributed by atoms with Crippen LogP contribution in [-0.2, 0) is 0 Å². The van der Waals surface area contributed by atoms with Gasteiger partial charge in [0.25, 0.3) is 0 Å². The minimum Gasteiger partial charge on any atom is -0.463 e. The standard InChI is InChI=1S/C12H21N5OS/c1-3-7-18-12-15-10(13-2)14-11(16-12)17-5-4-8-19-9-6-17/h3-9H2,1-2H3,(H,13,14,15,16). The lowest BCUT2D eigenvalue weighted by Crippen LogP contribution is -2.28. The number of hydrogen-bond acceptors (Lipinski definition) is 7. The van der Waals surface area contributed by atoms with Crippen LogP contribution in [0.5, 0.6) is 6.01 Å². The summed E-state index contributed by atoms with van der Waals surface area (Å²) >= 11 is 1.98. The molecule has 1 N–H and O–H groups in total. The van der Waals surface area contributed by atoms with E-state index in [2.05, 4.69) is 32.1 Å². The van der Waals surface area contributed by atoms with Crippen LogP contribution in [0.2, 0.25) is 0 Å². The average molecular weight is 283 g/mol. The first-order valence-electron chi connectivity index (χ1n) is 6.72. The largest absolute Gasteiger partial charge is 0.463 e. The van der Waals surface area contributed by atoms with Gasteiger partial charge in [-0.05, 0) is 18.6 Å². The third kappa shape index (κ3) is 4.12. The quantitative estimate of drug-likeness (QED) is 0.881. The summed E-state index contributed by atoms with van der Waals surface area (Å²) in [6, 6.07) is 0.410. The van der Waals surface area contributed by atoms with Crippen molar-refractivity contribution in [1.82, 2.24) is 15.0 Å². The summed E-state index contributed by atoms with van der Waals surface area (Å²) < 4.78 is 5.53. The van der Waals surface area contributed by atoms with Crippen LogP contribution >= 0.6 is 11.8 Å². The molecule has 106 valence electrons. The predicted octanol–water partition coefficient (Wildman–Crippen LogP) is 1.65. The minimum absolute atomic E-state index is 0.410. The maximum absolute atomic E-state index is 5.53. The Morgan fingerprint density at radius 3 is 2.95 bits per heavy atom. The number of rotatable bonds is 5. The smallest absolute Gasteiger partial charge is 0.323 e. The molecule has 0 aromatic carbocycles. The molecule has 0 aliphatic carbocycles. The van der Waals surface area contributed by atoms with Gasteiger partial charge < -0.3 is 15.0 Å². The van der Waals surface area contributed by atoms with Gasteiger partial charge in [0.1, 0.15) is 0 Å². The molecule has 0 unspecified atom stereocenters. The van der Waals surface area contributed by atoms with Gasteiger partial charge in [0.2, 0.25) is 11.9 Å². The minimum atomic E-state index is 0.410.